The summed E-state index contributed by atoms with van der Waals surface area (Å²) in [6.07, 6.45) is 1.85. The number of fused-ring (bicyclic) bond motifs is 5. The van der Waals surface area contributed by atoms with Crippen molar-refractivity contribution in [1.29, 1.82) is 0 Å². The Hall–Kier alpha value is -1.87. The number of rotatable bonds is 0. The summed E-state index contributed by atoms with van der Waals surface area (Å²) in [4.78, 5) is 5.72. The largest absolute Gasteiger partial charge is 0.284 e. The molecule has 4 rings (SSSR count). The quantitative estimate of drug-likeness (QED) is 0.445. The molecule has 0 aliphatic heterocycles. The van der Waals surface area contributed by atoms with E-state index < -0.39 is 0 Å². The van der Waals surface area contributed by atoms with E-state index in [1.807, 2.05) is 23.6 Å². The van der Waals surface area contributed by atoms with E-state index in [0.29, 0.717) is 0 Å². The molecule has 0 bridgehead atoms. The summed E-state index contributed by atoms with van der Waals surface area (Å²) in [7, 11) is 0. The lowest BCUT2D eigenvalue weighted by atomic mass is 10.3. The molecule has 2 nitrogen and oxygen atoms in total. The smallest absolute Gasteiger partial charge is 0.145 e. The molecule has 0 saturated carbocycles. The van der Waals surface area contributed by atoms with Crippen molar-refractivity contribution in [2.45, 2.75) is 0 Å². The molecule has 0 radical (unpaired) electrons. The molecule has 3 heteroatoms. The first kappa shape index (κ1) is 8.30. The van der Waals surface area contributed by atoms with Crippen molar-refractivity contribution in [3.63, 3.8) is 0 Å². The van der Waals surface area contributed by atoms with Crippen LogP contribution in [0.4, 0.5) is 0 Å². The van der Waals surface area contributed by atoms with E-state index >= 15 is 0 Å². The van der Waals surface area contributed by atoms with Gasteiger partial charge in [0.15, 0.2) is 0 Å². The highest BCUT2D eigenvalue weighted by Crippen LogP contribution is 2.31. The minimum absolute atomic E-state index is 1.05. The van der Waals surface area contributed by atoms with Gasteiger partial charge >= 0.3 is 0 Å². The maximum atomic E-state index is 4.46. The van der Waals surface area contributed by atoms with Gasteiger partial charge in [0.05, 0.1) is 10.2 Å². The molecule has 0 amide bonds. The van der Waals surface area contributed by atoms with Gasteiger partial charge in [-0.25, -0.2) is 4.98 Å². The van der Waals surface area contributed by atoms with Gasteiger partial charge in [-0.15, -0.1) is 11.3 Å². The first-order valence-corrected chi connectivity index (χ1v) is 5.99. The summed E-state index contributed by atoms with van der Waals surface area (Å²) in [5.74, 6) is 0. The molecule has 0 spiro atoms. The Morgan fingerprint density at radius 3 is 3.00 bits per heavy atom. The van der Waals surface area contributed by atoms with Crippen LogP contribution in [0.3, 0.4) is 0 Å². The first-order valence-electron chi connectivity index (χ1n) is 5.17. The molecule has 0 atom stereocenters. The molecule has 0 fully saturated rings. The minimum atomic E-state index is 1.05. The SMILES string of the molecule is c1cnc2c(c1)cc1sc3ccccc3n12. The van der Waals surface area contributed by atoms with E-state index in [9.17, 15) is 0 Å². The molecular weight excluding hydrogens is 216 g/mol. The second-order valence-electron chi connectivity index (χ2n) is 3.80. The highest BCUT2D eigenvalue weighted by Gasteiger charge is 2.08. The lowest BCUT2D eigenvalue weighted by Gasteiger charge is -1.93. The van der Waals surface area contributed by atoms with Crippen LogP contribution in [0.2, 0.25) is 0 Å². The van der Waals surface area contributed by atoms with Crippen molar-refractivity contribution in [3.8, 4) is 0 Å². The maximum Gasteiger partial charge on any atom is 0.145 e. The van der Waals surface area contributed by atoms with E-state index in [1.165, 1.54) is 20.4 Å². The topological polar surface area (TPSA) is 17.3 Å². The van der Waals surface area contributed by atoms with Gasteiger partial charge in [0.25, 0.3) is 0 Å². The van der Waals surface area contributed by atoms with Crippen LogP contribution in [0.1, 0.15) is 0 Å². The average molecular weight is 224 g/mol. The van der Waals surface area contributed by atoms with Gasteiger partial charge in [-0.05, 0) is 30.3 Å². The van der Waals surface area contributed by atoms with Crippen LogP contribution < -0.4 is 0 Å². The zero-order valence-electron chi connectivity index (χ0n) is 8.42. The van der Waals surface area contributed by atoms with Crippen LogP contribution in [0, 0.1) is 0 Å². The number of aromatic nitrogens is 2. The van der Waals surface area contributed by atoms with Crippen LogP contribution in [0.25, 0.3) is 26.1 Å². The fraction of sp³-hybridized carbons (Fsp3) is 0. The van der Waals surface area contributed by atoms with Gasteiger partial charge < -0.3 is 0 Å². The van der Waals surface area contributed by atoms with Gasteiger partial charge in [-0.2, -0.15) is 0 Å². The summed E-state index contributed by atoms with van der Waals surface area (Å²) >= 11 is 1.81. The Balaban J connectivity index is 2.38. The lowest BCUT2D eigenvalue weighted by Crippen LogP contribution is -1.82. The Bertz CT molecular complexity index is 745. The summed E-state index contributed by atoms with van der Waals surface area (Å²) in [5, 5.41) is 1.21. The van der Waals surface area contributed by atoms with Crippen molar-refractivity contribution in [2.75, 3.05) is 0 Å². The minimum Gasteiger partial charge on any atom is -0.284 e. The number of benzene rings is 1. The maximum absolute atomic E-state index is 4.46. The number of thiazole rings is 1. The van der Waals surface area contributed by atoms with Crippen molar-refractivity contribution in [2.24, 2.45) is 0 Å². The van der Waals surface area contributed by atoms with Gasteiger partial charge in [-0.1, -0.05) is 12.1 Å². The van der Waals surface area contributed by atoms with Crippen LogP contribution in [-0.4, -0.2) is 9.38 Å². The van der Waals surface area contributed by atoms with E-state index in [0.717, 1.165) is 5.65 Å². The molecule has 3 heterocycles. The second-order valence-corrected chi connectivity index (χ2v) is 4.87. The Morgan fingerprint density at radius 1 is 1.06 bits per heavy atom. The third kappa shape index (κ3) is 0.933. The van der Waals surface area contributed by atoms with Crippen LogP contribution in [-0.2, 0) is 0 Å². The molecule has 0 N–H and O–H groups in total. The lowest BCUT2D eigenvalue weighted by molar-refractivity contribution is 1.27. The third-order valence-corrected chi connectivity index (χ3v) is 3.92. The average Bonchev–Trinajstić information content (AvgIpc) is 2.83. The molecule has 0 aliphatic rings. The monoisotopic (exact) mass is 224 g/mol. The molecule has 0 saturated heterocycles. The predicted molar refractivity (Wildman–Crippen MR) is 68.1 cm³/mol. The number of hydrogen-bond donors (Lipinski definition) is 0. The number of pyridine rings is 1. The normalized spacial score (nSPS) is 11.8. The molecule has 16 heavy (non-hydrogen) atoms. The zero-order chi connectivity index (χ0) is 10.5. The number of hydrogen-bond acceptors (Lipinski definition) is 2. The second kappa shape index (κ2) is 2.83. The van der Waals surface area contributed by atoms with Gasteiger partial charge in [-0.3, -0.25) is 4.40 Å². The third-order valence-electron chi connectivity index (χ3n) is 2.85. The Labute approximate surface area is 95.8 Å². The van der Waals surface area contributed by atoms with Crippen molar-refractivity contribution < 1.29 is 0 Å². The van der Waals surface area contributed by atoms with Gasteiger partial charge in [0.1, 0.15) is 10.5 Å². The number of para-hydroxylation sites is 1. The van der Waals surface area contributed by atoms with E-state index in [-0.39, 0.29) is 0 Å². The molecular formula is C13H8N2S. The molecule has 4 aromatic rings. The first-order chi connectivity index (χ1) is 7.93. The predicted octanol–water partition coefficient (Wildman–Crippen LogP) is 3.70. The zero-order valence-corrected chi connectivity index (χ0v) is 9.24. The van der Waals surface area contributed by atoms with Crippen molar-refractivity contribution >= 4 is 37.4 Å². The van der Waals surface area contributed by atoms with E-state index in [4.69, 9.17) is 0 Å². The van der Waals surface area contributed by atoms with Gasteiger partial charge in [0.2, 0.25) is 0 Å². The summed E-state index contributed by atoms with van der Waals surface area (Å²) in [6, 6.07) is 14.7. The van der Waals surface area contributed by atoms with E-state index in [1.54, 1.807) is 0 Å². The van der Waals surface area contributed by atoms with Crippen molar-refractivity contribution in [3.05, 3.63) is 48.7 Å². The number of nitrogens with zero attached hydrogens (tertiary/aromatic N) is 2. The Kier molecular flexibility index (Phi) is 1.47. The molecule has 76 valence electrons. The molecule has 0 aliphatic carbocycles. The molecule has 3 aromatic heterocycles. The van der Waals surface area contributed by atoms with E-state index in [2.05, 4.69) is 45.8 Å². The standard InChI is InChI=1S/C13H8N2S/c1-2-6-11-10(5-1)15-12(16-11)8-9-4-3-7-14-13(9)15/h1-8H. The van der Waals surface area contributed by atoms with Crippen LogP contribution in [0.15, 0.2) is 48.7 Å². The summed E-state index contributed by atoms with van der Waals surface area (Å²) < 4.78 is 3.54. The molecule has 0 unspecified atom stereocenters. The molecule has 1 aromatic carbocycles. The highest BCUT2D eigenvalue weighted by molar-refractivity contribution is 7.24. The highest BCUT2D eigenvalue weighted by atomic mass is 32.1. The summed E-state index contributed by atoms with van der Waals surface area (Å²) in [6.45, 7) is 0. The van der Waals surface area contributed by atoms with Crippen molar-refractivity contribution in [1.82, 2.24) is 9.38 Å². The van der Waals surface area contributed by atoms with Crippen LogP contribution >= 0.6 is 11.3 Å². The Morgan fingerprint density at radius 2 is 2.00 bits per heavy atom. The fourth-order valence-electron chi connectivity index (χ4n) is 2.16. The van der Waals surface area contributed by atoms with Gasteiger partial charge in [0, 0.05) is 11.6 Å². The fourth-order valence-corrected chi connectivity index (χ4v) is 3.26. The summed E-state index contributed by atoms with van der Waals surface area (Å²) in [5.41, 5.74) is 2.30. The van der Waals surface area contributed by atoms with Crippen LogP contribution in [0.5, 0.6) is 0 Å².